The lowest BCUT2D eigenvalue weighted by Crippen LogP contribution is -2.49. The third kappa shape index (κ3) is 6.81. The fourth-order valence-electron chi connectivity index (χ4n) is 1.78. The van der Waals surface area contributed by atoms with Crippen LogP contribution in [0.3, 0.4) is 0 Å². The molecular formula is C13H26N2O. The van der Waals surface area contributed by atoms with Gasteiger partial charge in [-0.05, 0) is 40.0 Å². The second-order valence-corrected chi connectivity index (χ2v) is 5.49. The highest BCUT2D eigenvalue weighted by Crippen LogP contribution is 2.11. The summed E-state index contributed by atoms with van der Waals surface area (Å²) < 4.78 is 5.72. The van der Waals surface area contributed by atoms with E-state index in [1.165, 1.54) is 0 Å². The van der Waals surface area contributed by atoms with Crippen LogP contribution in [-0.4, -0.2) is 24.3 Å². The Kier molecular flexibility index (Phi) is 6.62. The molecule has 0 radical (unpaired) electrons. The summed E-state index contributed by atoms with van der Waals surface area (Å²) in [7, 11) is 0. The summed E-state index contributed by atoms with van der Waals surface area (Å²) in [5.41, 5.74) is -0.584. The van der Waals surface area contributed by atoms with E-state index in [9.17, 15) is 0 Å². The SMILES string of the molecule is CC(C)CC(C)OCC(C)(C#N)NC(C)C. The largest absolute Gasteiger partial charge is 0.375 e. The van der Waals surface area contributed by atoms with Gasteiger partial charge in [0.05, 0.1) is 18.8 Å². The zero-order valence-electron chi connectivity index (χ0n) is 11.5. The van der Waals surface area contributed by atoms with E-state index in [4.69, 9.17) is 10.00 Å². The smallest absolute Gasteiger partial charge is 0.127 e. The molecule has 0 aliphatic carbocycles. The first-order valence-corrected chi connectivity index (χ1v) is 6.09. The van der Waals surface area contributed by atoms with E-state index in [-0.39, 0.29) is 12.1 Å². The molecule has 0 aliphatic heterocycles. The highest BCUT2D eigenvalue weighted by atomic mass is 16.5. The Hall–Kier alpha value is -0.590. The minimum atomic E-state index is -0.584. The van der Waals surface area contributed by atoms with Crippen LogP contribution in [0, 0.1) is 17.2 Å². The number of rotatable bonds is 7. The van der Waals surface area contributed by atoms with Crippen LogP contribution in [0.15, 0.2) is 0 Å². The molecule has 3 heteroatoms. The molecule has 0 bridgehead atoms. The minimum Gasteiger partial charge on any atom is -0.375 e. The van der Waals surface area contributed by atoms with Crippen molar-refractivity contribution in [2.45, 2.75) is 65.6 Å². The Balaban J connectivity index is 4.09. The monoisotopic (exact) mass is 226 g/mol. The molecule has 0 amide bonds. The van der Waals surface area contributed by atoms with Gasteiger partial charge >= 0.3 is 0 Å². The quantitative estimate of drug-likeness (QED) is 0.726. The molecule has 0 rings (SSSR count). The van der Waals surface area contributed by atoms with E-state index >= 15 is 0 Å². The van der Waals surface area contributed by atoms with E-state index in [0.717, 1.165) is 6.42 Å². The van der Waals surface area contributed by atoms with Crippen molar-refractivity contribution in [3.8, 4) is 6.07 Å². The lowest BCUT2D eigenvalue weighted by atomic mass is 10.0. The van der Waals surface area contributed by atoms with Gasteiger partial charge in [-0.25, -0.2) is 0 Å². The maximum Gasteiger partial charge on any atom is 0.127 e. The number of hydrogen-bond donors (Lipinski definition) is 1. The molecule has 0 spiro atoms. The van der Waals surface area contributed by atoms with Crippen molar-refractivity contribution in [1.29, 1.82) is 5.26 Å². The van der Waals surface area contributed by atoms with Crippen molar-refractivity contribution in [3.63, 3.8) is 0 Å². The predicted octanol–water partition coefficient (Wildman–Crippen LogP) is 2.72. The summed E-state index contributed by atoms with van der Waals surface area (Å²) in [6, 6.07) is 2.57. The van der Waals surface area contributed by atoms with E-state index in [1.807, 2.05) is 20.8 Å². The topological polar surface area (TPSA) is 45.0 Å². The van der Waals surface area contributed by atoms with E-state index < -0.39 is 5.54 Å². The predicted molar refractivity (Wildman–Crippen MR) is 67.2 cm³/mol. The fourth-order valence-corrected chi connectivity index (χ4v) is 1.78. The average Bonchev–Trinajstić information content (AvgIpc) is 2.13. The lowest BCUT2D eigenvalue weighted by molar-refractivity contribution is 0.0248. The van der Waals surface area contributed by atoms with Gasteiger partial charge in [0.1, 0.15) is 5.54 Å². The average molecular weight is 226 g/mol. The number of nitriles is 1. The normalized spacial score (nSPS) is 17.2. The maximum atomic E-state index is 9.14. The molecule has 2 atom stereocenters. The summed E-state index contributed by atoms with van der Waals surface area (Å²) in [6.07, 6.45) is 1.24. The van der Waals surface area contributed by atoms with Gasteiger partial charge in [0, 0.05) is 6.04 Å². The minimum absolute atomic E-state index is 0.210. The van der Waals surface area contributed by atoms with Gasteiger partial charge in [-0.15, -0.1) is 0 Å². The van der Waals surface area contributed by atoms with Crippen LogP contribution in [0.5, 0.6) is 0 Å². The Bertz CT molecular complexity index is 233. The second kappa shape index (κ2) is 6.88. The number of nitrogens with one attached hydrogen (secondary N) is 1. The molecule has 0 fully saturated rings. The van der Waals surface area contributed by atoms with Gasteiger partial charge in [-0.2, -0.15) is 5.26 Å². The fraction of sp³-hybridized carbons (Fsp3) is 0.923. The Labute approximate surface area is 100 Å². The molecule has 2 unspecified atom stereocenters. The highest BCUT2D eigenvalue weighted by Gasteiger charge is 2.25. The number of hydrogen-bond acceptors (Lipinski definition) is 3. The molecule has 3 nitrogen and oxygen atoms in total. The lowest BCUT2D eigenvalue weighted by Gasteiger charge is -2.27. The molecule has 16 heavy (non-hydrogen) atoms. The van der Waals surface area contributed by atoms with Crippen molar-refractivity contribution < 1.29 is 4.74 Å². The van der Waals surface area contributed by atoms with Crippen molar-refractivity contribution in [3.05, 3.63) is 0 Å². The van der Waals surface area contributed by atoms with Gasteiger partial charge < -0.3 is 4.74 Å². The molecule has 0 saturated heterocycles. The third-order valence-corrected chi connectivity index (χ3v) is 2.31. The molecule has 0 aromatic heterocycles. The summed E-state index contributed by atoms with van der Waals surface area (Å²) in [6.45, 7) is 12.8. The second-order valence-electron chi connectivity index (χ2n) is 5.49. The summed E-state index contributed by atoms with van der Waals surface area (Å²) in [5.74, 6) is 0.626. The van der Waals surface area contributed by atoms with Crippen molar-refractivity contribution in [2.75, 3.05) is 6.61 Å². The van der Waals surface area contributed by atoms with Gasteiger partial charge in [-0.1, -0.05) is 13.8 Å². The molecule has 0 aromatic rings. The van der Waals surface area contributed by atoms with Crippen molar-refractivity contribution in [2.24, 2.45) is 5.92 Å². The van der Waals surface area contributed by atoms with E-state index in [0.29, 0.717) is 12.5 Å². The molecule has 0 heterocycles. The summed E-state index contributed by atoms with van der Waals surface area (Å²) >= 11 is 0. The molecule has 0 aromatic carbocycles. The Morgan fingerprint density at radius 3 is 2.19 bits per heavy atom. The van der Waals surface area contributed by atoms with Gasteiger partial charge in [0.25, 0.3) is 0 Å². The molecule has 0 aliphatic rings. The first-order chi connectivity index (χ1) is 7.29. The first-order valence-electron chi connectivity index (χ1n) is 6.09. The van der Waals surface area contributed by atoms with E-state index in [1.54, 1.807) is 0 Å². The first kappa shape index (κ1) is 15.4. The van der Waals surface area contributed by atoms with Crippen LogP contribution < -0.4 is 5.32 Å². The standard InChI is InChI=1S/C13H26N2O/c1-10(2)7-12(5)16-9-13(6,8-14)15-11(3)4/h10-12,15H,7,9H2,1-6H3. The van der Waals surface area contributed by atoms with Crippen LogP contribution in [-0.2, 0) is 4.74 Å². The molecule has 0 saturated carbocycles. The summed E-state index contributed by atoms with van der Waals surface area (Å²) in [5, 5.41) is 12.4. The molecule has 94 valence electrons. The Morgan fingerprint density at radius 2 is 1.81 bits per heavy atom. The van der Waals surface area contributed by atoms with Gasteiger partial charge in [-0.3, -0.25) is 5.32 Å². The maximum absolute atomic E-state index is 9.14. The van der Waals surface area contributed by atoms with Gasteiger partial charge in [0.15, 0.2) is 0 Å². The van der Waals surface area contributed by atoms with Gasteiger partial charge in [0.2, 0.25) is 0 Å². The third-order valence-electron chi connectivity index (χ3n) is 2.31. The van der Waals surface area contributed by atoms with Crippen molar-refractivity contribution in [1.82, 2.24) is 5.32 Å². The van der Waals surface area contributed by atoms with Crippen LogP contribution >= 0.6 is 0 Å². The van der Waals surface area contributed by atoms with Crippen LogP contribution in [0.25, 0.3) is 0 Å². The zero-order valence-corrected chi connectivity index (χ0v) is 11.5. The number of ether oxygens (including phenoxy) is 1. The molecule has 1 N–H and O–H groups in total. The highest BCUT2D eigenvalue weighted by molar-refractivity contribution is 5.04. The zero-order chi connectivity index (χ0) is 12.8. The van der Waals surface area contributed by atoms with Crippen LogP contribution in [0.2, 0.25) is 0 Å². The molecular weight excluding hydrogens is 200 g/mol. The van der Waals surface area contributed by atoms with Crippen LogP contribution in [0.4, 0.5) is 0 Å². The Morgan fingerprint density at radius 1 is 1.25 bits per heavy atom. The van der Waals surface area contributed by atoms with Crippen molar-refractivity contribution >= 4 is 0 Å². The number of nitrogens with zero attached hydrogens (tertiary/aromatic N) is 1. The summed E-state index contributed by atoms with van der Waals surface area (Å²) in [4.78, 5) is 0. The van der Waals surface area contributed by atoms with Crippen LogP contribution in [0.1, 0.15) is 48.0 Å². The van der Waals surface area contributed by atoms with E-state index in [2.05, 4.69) is 32.2 Å².